The maximum absolute atomic E-state index is 11.4. The van der Waals surface area contributed by atoms with Gasteiger partial charge in [-0.05, 0) is 47.9 Å². The number of ether oxygens (including phenoxy) is 4. The van der Waals surface area contributed by atoms with E-state index >= 15 is 0 Å². The molecule has 0 atom stereocenters. The number of benzene rings is 3. The highest BCUT2D eigenvalue weighted by Crippen LogP contribution is 2.35. The molecule has 0 unspecified atom stereocenters. The van der Waals surface area contributed by atoms with Gasteiger partial charge in [0.1, 0.15) is 40.2 Å². The summed E-state index contributed by atoms with van der Waals surface area (Å²) in [6, 6.07) is 20.5. The topological polar surface area (TPSA) is 108 Å². The highest BCUT2D eigenvalue weighted by Gasteiger charge is 2.42. The standard InChI is InChI=1S/C28H29ClO8S/c1-38(32,33)14-4-13-35-26-12-7-20(24-5-2-3-6-25(24)29)15-21(26)16-36-23-10-8-22(9-11-23)28(18-34-19-28)37-17-27(30)31/h2-3,5-12,15H,4,13-14,16-19H2,1H3,(H,30,31). The van der Waals surface area contributed by atoms with Gasteiger partial charge in [0.2, 0.25) is 0 Å². The molecule has 202 valence electrons. The summed E-state index contributed by atoms with van der Waals surface area (Å²) >= 11 is 6.41. The lowest BCUT2D eigenvalue weighted by atomic mass is 9.91. The predicted molar refractivity (Wildman–Crippen MR) is 144 cm³/mol. The zero-order valence-electron chi connectivity index (χ0n) is 20.9. The molecule has 0 bridgehead atoms. The minimum Gasteiger partial charge on any atom is -0.493 e. The fourth-order valence-corrected chi connectivity index (χ4v) is 4.92. The Morgan fingerprint density at radius 1 is 1.05 bits per heavy atom. The Morgan fingerprint density at radius 2 is 1.79 bits per heavy atom. The first-order chi connectivity index (χ1) is 18.2. The molecule has 8 nitrogen and oxygen atoms in total. The minimum absolute atomic E-state index is 0.0472. The summed E-state index contributed by atoms with van der Waals surface area (Å²) in [5.74, 6) is 0.211. The summed E-state index contributed by atoms with van der Waals surface area (Å²) in [4.78, 5) is 10.9. The van der Waals surface area contributed by atoms with Gasteiger partial charge in [-0.3, -0.25) is 0 Å². The van der Waals surface area contributed by atoms with Crippen molar-refractivity contribution in [2.45, 2.75) is 18.6 Å². The van der Waals surface area contributed by atoms with Crippen molar-refractivity contribution < 1.29 is 37.3 Å². The van der Waals surface area contributed by atoms with Crippen LogP contribution >= 0.6 is 11.6 Å². The van der Waals surface area contributed by atoms with Crippen LogP contribution in [0.1, 0.15) is 17.5 Å². The minimum atomic E-state index is -3.07. The van der Waals surface area contributed by atoms with Gasteiger partial charge in [-0.2, -0.15) is 0 Å². The van der Waals surface area contributed by atoms with Crippen LogP contribution in [-0.2, 0) is 36.3 Å². The quantitative estimate of drug-likeness (QED) is 0.299. The molecule has 38 heavy (non-hydrogen) atoms. The molecule has 0 saturated carbocycles. The Morgan fingerprint density at radius 3 is 2.42 bits per heavy atom. The van der Waals surface area contributed by atoms with Gasteiger partial charge in [-0.25, -0.2) is 13.2 Å². The summed E-state index contributed by atoms with van der Waals surface area (Å²) < 4.78 is 45.8. The Bertz CT molecular complexity index is 1370. The number of carboxylic acids is 1. The smallest absolute Gasteiger partial charge is 0.329 e. The molecule has 1 heterocycles. The number of sulfone groups is 1. The molecular weight excluding hydrogens is 532 g/mol. The molecule has 3 aromatic rings. The molecule has 1 saturated heterocycles. The van der Waals surface area contributed by atoms with Gasteiger partial charge < -0.3 is 24.1 Å². The van der Waals surface area contributed by atoms with E-state index in [-0.39, 0.29) is 32.2 Å². The van der Waals surface area contributed by atoms with E-state index in [9.17, 15) is 13.2 Å². The van der Waals surface area contributed by atoms with E-state index < -0.39 is 28.0 Å². The van der Waals surface area contributed by atoms with Crippen LogP contribution in [0.3, 0.4) is 0 Å². The number of rotatable bonds is 13. The van der Waals surface area contributed by atoms with Crippen LogP contribution in [-0.4, -0.2) is 57.9 Å². The largest absolute Gasteiger partial charge is 0.493 e. The average molecular weight is 561 g/mol. The molecule has 4 rings (SSSR count). The second-order valence-corrected chi connectivity index (χ2v) is 11.8. The molecule has 1 fully saturated rings. The van der Waals surface area contributed by atoms with Crippen molar-refractivity contribution >= 4 is 27.4 Å². The fraction of sp³-hybridized carbons (Fsp3) is 0.321. The van der Waals surface area contributed by atoms with Crippen molar-refractivity contribution in [2.24, 2.45) is 0 Å². The lowest BCUT2D eigenvalue weighted by Crippen LogP contribution is -2.49. The number of halogens is 1. The second-order valence-electron chi connectivity index (χ2n) is 9.12. The predicted octanol–water partition coefficient (Wildman–Crippen LogP) is 4.73. The van der Waals surface area contributed by atoms with E-state index in [0.717, 1.165) is 22.3 Å². The van der Waals surface area contributed by atoms with Gasteiger partial charge in [-0.1, -0.05) is 48.0 Å². The normalized spacial score (nSPS) is 14.5. The van der Waals surface area contributed by atoms with Crippen molar-refractivity contribution in [1.82, 2.24) is 0 Å². The lowest BCUT2D eigenvalue weighted by Gasteiger charge is -2.41. The van der Waals surface area contributed by atoms with E-state index in [4.69, 9.17) is 35.7 Å². The van der Waals surface area contributed by atoms with Crippen LogP contribution in [0.2, 0.25) is 5.02 Å². The Kier molecular flexibility index (Phi) is 8.94. The number of hydrogen-bond acceptors (Lipinski definition) is 7. The summed E-state index contributed by atoms with van der Waals surface area (Å²) in [5.41, 5.74) is 2.59. The van der Waals surface area contributed by atoms with E-state index in [1.165, 1.54) is 6.26 Å². The zero-order chi connectivity index (χ0) is 27.2. The second kappa shape index (κ2) is 12.2. The molecular formula is C28H29ClO8S. The van der Waals surface area contributed by atoms with Gasteiger partial charge in [0, 0.05) is 22.4 Å². The van der Waals surface area contributed by atoms with E-state index in [2.05, 4.69) is 0 Å². The monoisotopic (exact) mass is 560 g/mol. The van der Waals surface area contributed by atoms with E-state index in [1.807, 2.05) is 54.6 Å². The molecule has 0 spiro atoms. The molecule has 0 aromatic heterocycles. The first kappa shape index (κ1) is 27.9. The van der Waals surface area contributed by atoms with Crippen LogP contribution in [0.5, 0.6) is 11.5 Å². The van der Waals surface area contributed by atoms with Crippen molar-refractivity contribution in [3.63, 3.8) is 0 Å². The molecule has 1 N–H and O–H groups in total. The van der Waals surface area contributed by atoms with Gasteiger partial charge in [0.15, 0.2) is 0 Å². The van der Waals surface area contributed by atoms with Crippen LogP contribution in [0.25, 0.3) is 11.1 Å². The molecule has 0 aliphatic carbocycles. The molecule has 1 aliphatic heterocycles. The molecule has 1 aliphatic rings. The molecule has 10 heteroatoms. The van der Waals surface area contributed by atoms with Crippen LogP contribution in [0.15, 0.2) is 66.7 Å². The Balaban J connectivity index is 1.49. The maximum atomic E-state index is 11.4. The number of aliphatic carboxylic acids is 1. The first-order valence-electron chi connectivity index (χ1n) is 12.0. The number of hydrogen-bond donors (Lipinski definition) is 1. The molecule has 0 amide bonds. The van der Waals surface area contributed by atoms with Crippen molar-refractivity contribution in [2.75, 3.05) is 38.4 Å². The molecule has 3 aromatic carbocycles. The van der Waals surface area contributed by atoms with Crippen molar-refractivity contribution in [1.29, 1.82) is 0 Å². The highest BCUT2D eigenvalue weighted by molar-refractivity contribution is 7.90. The zero-order valence-corrected chi connectivity index (χ0v) is 22.5. The van der Waals surface area contributed by atoms with E-state index in [0.29, 0.717) is 22.9 Å². The molecule has 0 radical (unpaired) electrons. The van der Waals surface area contributed by atoms with Gasteiger partial charge in [-0.15, -0.1) is 0 Å². The third kappa shape index (κ3) is 7.26. The third-order valence-corrected chi connectivity index (χ3v) is 7.44. The van der Waals surface area contributed by atoms with Crippen molar-refractivity contribution in [3.05, 3.63) is 82.9 Å². The van der Waals surface area contributed by atoms with Crippen LogP contribution in [0.4, 0.5) is 0 Å². The summed E-state index contributed by atoms with van der Waals surface area (Å²) in [7, 11) is -3.07. The average Bonchev–Trinajstić information content (AvgIpc) is 2.85. The first-order valence-corrected chi connectivity index (χ1v) is 14.4. The maximum Gasteiger partial charge on any atom is 0.329 e. The summed E-state index contributed by atoms with van der Waals surface area (Å²) in [6.45, 7) is 0.616. The van der Waals surface area contributed by atoms with Crippen molar-refractivity contribution in [3.8, 4) is 22.6 Å². The van der Waals surface area contributed by atoms with Crippen LogP contribution < -0.4 is 9.47 Å². The lowest BCUT2D eigenvalue weighted by molar-refractivity contribution is -0.220. The SMILES string of the molecule is CS(=O)(=O)CCCOc1ccc(-c2ccccc2Cl)cc1COc1ccc(C2(OCC(=O)O)COC2)cc1. The van der Waals surface area contributed by atoms with Gasteiger partial charge in [0.05, 0.1) is 25.6 Å². The number of carbonyl (C=O) groups is 1. The Hall–Kier alpha value is -3.11. The van der Waals surface area contributed by atoms with E-state index in [1.54, 1.807) is 12.1 Å². The number of carboxylic acid groups (broad SMARTS) is 1. The third-order valence-electron chi connectivity index (χ3n) is 6.08. The summed E-state index contributed by atoms with van der Waals surface area (Å²) in [6.07, 6.45) is 1.58. The van der Waals surface area contributed by atoms with Gasteiger partial charge >= 0.3 is 5.97 Å². The highest BCUT2D eigenvalue weighted by atomic mass is 35.5. The van der Waals surface area contributed by atoms with Gasteiger partial charge in [0.25, 0.3) is 0 Å². The Labute approximate surface area is 227 Å². The summed E-state index contributed by atoms with van der Waals surface area (Å²) in [5, 5.41) is 9.59. The fourth-order valence-electron chi connectivity index (χ4n) is 4.04. The van der Waals surface area contributed by atoms with Crippen LogP contribution in [0, 0.1) is 0 Å².